The van der Waals surface area contributed by atoms with Crippen molar-refractivity contribution >= 4 is 0 Å². The third kappa shape index (κ3) is 3.94. The van der Waals surface area contributed by atoms with E-state index in [9.17, 15) is 0 Å². The van der Waals surface area contributed by atoms with Crippen LogP contribution in [0.1, 0.15) is 26.3 Å². The number of nitrogens with one attached hydrogen (secondary N) is 2. The van der Waals surface area contributed by atoms with E-state index >= 15 is 0 Å². The monoisotopic (exact) mass is 196 g/mol. The average molecular weight is 196 g/mol. The van der Waals surface area contributed by atoms with Crippen molar-refractivity contribution in [3.05, 3.63) is 24.0 Å². The molecule has 3 nitrogen and oxygen atoms in total. The highest BCUT2D eigenvalue weighted by molar-refractivity contribution is 5.07. The Bertz CT molecular complexity index is 242. The molecule has 0 aliphatic rings. The van der Waals surface area contributed by atoms with E-state index in [4.69, 9.17) is 4.74 Å². The van der Waals surface area contributed by atoms with Gasteiger partial charge in [0.1, 0.15) is 0 Å². The van der Waals surface area contributed by atoms with Crippen molar-refractivity contribution in [2.24, 2.45) is 0 Å². The molecule has 0 spiro atoms. The molecule has 14 heavy (non-hydrogen) atoms. The van der Waals surface area contributed by atoms with E-state index in [0.29, 0.717) is 0 Å². The molecule has 80 valence electrons. The Morgan fingerprint density at radius 1 is 1.50 bits per heavy atom. The molecule has 0 bridgehead atoms. The third-order valence-corrected chi connectivity index (χ3v) is 2.08. The first-order valence-electron chi connectivity index (χ1n) is 5.10. The van der Waals surface area contributed by atoms with Gasteiger partial charge in [-0.2, -0.15) is 0 Å². The number of aromatic amines is 1. The first kappa shape index (κ1) is 11.3. The van der Waals surface area contributed by atoms with Gasteiger partial charge in [0.25, 0.3) is 0 Å². The summed E-state index contributed by atoms with van der Waals surface area (Å²) in [5.74, 6) is 0. The van der Waals surface area contributed by atoms with Gasteiger partial charge < -0.3 is 15.0 Å². The first-order valence-corrected chi connectivity index (χ1v) is 5.10. The van der Waals surface area contributed by atoms with Crippen LogP contribution in [0, 0.1) is 0 Å². The fourth-order valence-corrected chi connectivity index (χ4v) is 1.42. The van der Waals surface area contributed by atoms with Crippen LogP contribution < -0.4 is 5.32 Å². The average Bonchev–Trinajstić information content (AvgIpc) is 2.56. The van der Waals surface area contributed by atoms with Crippen LogP contribution in [0.15, 0.2) is 18.5 Å². The molecule has 1 heterocycles. The van der Waals surface area contributed by atoms with Crippen LogP contribution >= 0.6 is 0 Å². The van der Waals surface area contributed by atoms with E-state index in [1.165, 1.54) is 5.56 Å². The molecule has 1 rings (SSSR count). The number of ether oxygens (including phenoxy) is 1. The molecular weight excluding hydrogens is 176 g/mol. The summed E-state index contributed by atoms with van der Waals surface area (Å²) in [6.07, 6.45) is 3.94. The molecule has 0 atom stereocenters. The van der Waals surface area contributed by atoms with Gasteiger partial charge in [-0.05, 0) is 32.4 Å². The van der Waals surface area contributed by atoms with Crippen molar-refractivity contribution in [1.82, 2.24) is 10.3 Å². The summed E-state index contributed by atoms with van der Waals surface area (Å²) in [6, 6.07) is 2.07. The van der Waals surface area contributed by atoms with E-state index in [1.807, 2.05) is 19.3 Å². The fraction of sp³-hybridized carbons (Fsp3) is 0.636. The van der Waals surface area contributed by atoms with Gasteiger partial charge in [-0.3, -0.25) is 0 Å². The number of aromatic nitrogens is 1. The topological polar surface area (TPSA) is 37.0 Å². The molecule has 0 saturated heterocycles. The number of hydrogen-bond donors (Lipinski definition) is 2. The van der Waals surface area contributed by atoms with Crippen LogP contribution in [-0.4, -0.2) is 23.7 Å². The maximum Gasteiger partial charge on any atom is 0.0750 e. The summed E-state index contributed by atoms with van der Waals surface area (Å²) in [5, 5.41) is 3.37. The molecule has 2 N–H and O–H groups in total. The van der Waals surface area contributed by atoms with Crippen LogP contribution in [0.4, 0.5) is 0 Å². The number of rotatable bonds is 6. The van der Waals surface area contributed by atoms with Crippen LogP contribution in [0.3, 0.4) is 0 Å². The Kier molecular flexibility index (Phi) is 4.17. The molecule has 0 fully saturated rings. The van der Waals surface area contributed by atoms with Gasteiger partial charge in [-0.15, -0.1) is 0 Å². The molecule has 3 heteroatoms. The molecular formula is C11H20N2O. The highest BCUT2D eigenvalue weighted by Gasteiger charge is 2.16. The molecule has 0 aliphatic heterocycles. The zero-order valence-corrected chi connectivity index (χ0v) is 9.26. The van der Waals surface area contributed by atoms with Gasteiger partial charge in [0.2, 0.25) is 0 Å². The zero-order chi connectivity index (χ0) is 10.4. The van der Waals surface area contributed by atoms with Crippen LogP contribution in [-0.2, 0) is 11.3 Å². The highest BCUT2D eigenvalue weighted by Crippen LogP contribution is 2.07. The fourth-order valence-electron chi connectivity index (χ4n) is 1.42. The summed E-state index contributed by atoms with van der Waals surface area (Å²) in [6.45, 7) is 8.74. The maximum absolute atomic E-state index is 5.58. The van der Waals surface area contributed by atoms with Gasteiger partial charge in [0.05, 0.1) is 5.60 Å². The highest BCUT2D eigenvalue weighted by atomic mass is 16.5. The SMILES string of the molecule is CCOC(C)(C)CNCc1cc[nH]c1. The predicted molar refractivity (Wildman–Crippen MR) is 58.2 cm³/mol. The van der Waals surface area contributed by atoms with E-state index < -0.39 is 0 Å². The van der Waals surface area contributed by atoms with Crippen molar-refractivity contribution in [1.29, 1.82) is 0 Å². The van der Waals surface area contributed by atoms with Gasteiger partial charge >= 0.3 is 0 Å². The lowest BCUT2D eigenvalue weighted by molar-refractivity contribution is -0.00897. The zero-order valence-electron chi connectivity index (χ0n) is 9.26. The quantitative estimate of drug-likeness (QED) is 0.729. The normalized spacial score (nSPS) is 11.9. The minimum Gasteiger partial charge on any atom is -0.375 e. The lowest BCUT2D eigenvalue weighted by Gasteiger charge is -2.24. The van der Waals surface area contributed by atoms with Crippen molar-refractivity contribution < 1.29 is 4.74 Å². The van der Waals surface area contributed by atoms with Crippen LogP contribution in [0.25, 0.3) is 0 Å². The van der Waals surface area contributed by atoms with Crippen LogP contribution in [0.2, 0.25) is 0 Å². The lowest BCUT2D eigenvalue weighted by atomic mass is 10.1. The van der Waals surface area contributed by atoms with E-state index in [-0.39, 0.29) is 5.60 Å². The smallest absolute Gasteiger partial charge is 0.0750 e. The molecule has 0 aromatic carbocycles. The van der Waals surface area contributed by atoms with E-state index in [1.54, 1.807) is 0 Å². The predicted octanol–water partition coefficient (Wildman–Crippen LogP) is 1.92. The Morgan fingerprint density at radius 3 is 2.86 bits per heavy atom. The summed E-state index contributed by atoms with van der Waals surface area (Å²) < 4.78 is 5.58. The standard InChI is InChI=1S/C11H20N2O/c1-4-14-11(2,3)9-13-8-10-5-6-12-7-10/h5-7,12-13H,4,8-9H2,1-3H3. The second-order valence-electron chi connectivity index (χ2n) is 4.02. The minimum absolute atomic E-state index is 0.0783. The van der Waals surface area contributed by atoms with Crippen molar-refractivity contribution in [3.63, 3.8) is 0 Å². The van der Waals surface area contributed by atoms with E-state index in [0.717, 1.165) is 19.7 Å². The van der Waals surface area contributed by atoms with Gasteiger partial charge in [0, 0.05) is 32.1 Å². The van der Waals surface area contributed by atoms with Gasteiger partial charge in [-0.25, -0.2) is 0 Å². The Hall–Kier alpha value is -0.800. The molecule has 0 aliphatic carbocycles. The van der Waals surface area contributed by atoms with Gasteiger partial charge in [-0.1, -0.05) is 0 Å². The lowest BCUT2D eigenvalue weighted by Crippen LogP contribution is -2.37. The van der Waals surface area contributed by atoms with Crippen molar-refractivity contribution in [2.75, 3.05) is 13.2 Å². The third-order valence-electron chi connectivity index (χ3n) is 2.08. The summed E-state index contributed by atoms with van der Waals surface area (Å²) in [7, 11) is 0. The van der Waals surface area contributed by atoms with Crippen molar-refractivity contribution in [2.45, 2.75) is 32.9 Å². The second-order valence-corrected chi connectivity index (χ2v) is 4.02. The molecule has 0 radical (unpaired) electrons. The largest absolute Gasteiger partial charge is 0.375 e. The Labute approximate surface area is 85.9 Å². The maximum atomic E-state index is 5.58. The molecule has 0 saturated carbocycles. The molecule has 0 unspecified atom stereocenters. The Balaban J connectivity index is 2.20. The summed E-state index contributed by atoms with van der Waals surface area (Å²) >= 11 is 0. The molecule has 1 aromatic heterocycles. The first-order chi connectivity index (χ1) is 6.64. The minimum atomic E-state index is -0.0783. The summed E-state index contributed by atoms with van der Waals surface area (Å²) in [4.78, 5) is 3.03. The molecule has 0 amide bonds. The van der Waals surface area contributed by atoms with E-state index in [2.05, 4.69) is 30.2 Å². The van der Waals surface area contributed by atoms with Crippen molar-refractivity contribution in [3.8, 4) is 0 Å². The number of hydrogen-bond acceptors (Lipinski definition) is 2. The summed E-state index contributed by atoms with van der Waals surface area (Å²) in [5.41, 5.74) is 1.20. The Morgan fingerprint density at radius 2 is 2.29 bits per heavy atom. The van der Waals surface area contributed by atoms with Crippen LogP contribution in [0.5, 0.6) is 0 Å². The van der Waals surface area contributed by atoms with Gasteiger partial charge in [0.15, 0.2) is 0 Å². The second kappa shape index (κ2) is 5.17. The number of H-pyrrole nitrogens is 1. The molecule has 1 aromatic rings.